The largest absolute Gasteiger partial charge is 0.326 e. The second kappa shape index (κ2) is 6.13. The van der Waals surface area contributed by atoms with Crippen LogP contribution in [0.4, 0.5) is 10.1 Å². The maximum Gasteiger partial charge on any atom is 0.262 e. The van der Waals surface area contributed by atoms with Gasteiger partial charge in [-0.2, -0.15) is 0 Å². The van der Waals surface area contributed by atoms with Gasteiger partial charge in [-0.05, 0) is 58.2 Å². The first-order valence-electron chi connectivity index (χ1n) is 6.11. The van der Waals surface area contributed by atoms with Crippen molar-refractivity contribution < 1.29 is 12.8 Å². The van der Waals surface area contributed by atoms with E-state index in [1.807, 2.05) is 0 Å². The van der Waals surface area contributed by atoms with Crippen molar-refractivity contribution in [3.63, 3.8) is 0 Å². The van der Waals surface area contributed by atoms with Crippen LogP contribution in [0.1, 0.15) is 11.1 Å². The van der Waals surface area contributed by atoms with Crippen LogP contribution in [0.15, 0.2) is 45.8 Å². The van der Waals surface area contributed by atoms with Crippen molar-refractivity contribution in [3.8, 4) is 0 Å². The average molecular weight is 373 g/mol. The highest BCUT2D eigenvalue weighted by Crippen LogP contribution is 2.24. The highest BCUT2D eigenvalue weighted by molar-refractivity contribution is 9.10. The van der Waals surface area contributed by atoms with E-state index < -0.39 is 15.8 Å². The third-order valence-corrected chi connectivity index (χ3v) is 5.21. The fraction of sp³-hybridized carbons (Fsp3) is 0.143. The number of rotatable bonds is 4. The summed E-state index contributed by atoms with van der Waals surface area (Å²) in [6, 6.07) is 8.85. The molecular formula is C14H14BrFN2O2S. The molecule has 0 radical (unpaired) electrons. The van der Waals surface area contributed by atoms with Gasteiger partial charge >= 0.3 is 0 Å². The summed E-state index contributed by atoms with van der Waals surface area (Å²) in [5, 5.41) is 0. The molecular weight excluding hydrogens is 359 g/mol. The lowest BCUT2D eigenvalue weighted by Crippen LogP contribution is -2.15. The maximum absolute atomic E-state index is 13.2. The molecule has 2 aromatic carbocycles. The molecule has 4 nitrogen and oxygen atoms in total. The minimum atomic E-state index is -3.76. The molecule has 0 aliphatic rings. The SMILES string of the molecule is Cc1c(CN)cccc1S(=O)(=O)Nc1ccc(F)c(Br)c1. The third-order valence-electron chi connectivity index (χ3n) is 3.08. The zero-order valence-electron chi connectivity index (χ0n) is 11.2. The molecule has 0 heterocycles. The van der Waals surface area contributed by atoms with Crippen LogP contribution in [0, 0.1) is 12.7 Å². The minimum Gasteiger partial charge on any atom is -0.326 e. The molecule has 2 aromatic rings. The van der Waals surface area contributed by atoms with Gasteiger partial charge in [-0.25, -0.2) is 12.8 Å². The molecule has 0 saturated heterocycles. The second-order valence-corrected chi connectivity index (χ2v) is 6.98. The number of halogens is 2. The summed E-state index contributed by atoms with van der Waals surface area (Å²) >= 11 is 3.02. The second-order valence-electron chi connectivity index (χ2n) is 4.48. The first-order valence-corrected chi connectivity index (χ1v) is 8.39. The van der Waals surface area contributed by atoms with Crippen molar-refractivity contribution in [3.05, 3.63) is 57.8 Å². The van der Waals surface area contributed by atoms with E-state index in [-0.39, 0.29) is 21.6 Å². The Labute approximate surface area is 131 Å². The van der Waals surface area contributed by atoms with Crippen LogP contribution in [0.25, 0.3) is 0 Å². The maximum atomic E-state index is 13.2. The first kappa shape index (κ1) is 15.9. The van der Waals surface area contributed by atoms with Gasteiger partial charge in [0.05, 0.1) is 15.1 Å². The molecule has 2 rings (SSSR count). The smallest absolute Gasteiger partial charge is 0.262 e. The monoisotopic (exact) mass is 372 g/mol. The van der Waals surface area contributed by atoms with E-state index in [9.17, 15) is 12.8 Å². The Kier molecular flexibility index (Phi) is 4.65. The molecule has 0 bridgehead atoms. The predicted octanol–water partition coefficient (Wildman–Crippen LogP) is 3.16. The van der Waals surface area contributed by atoms with Crippen molar-refractivity contribution in [1.82, 2.24) is 0 Å². The normalized spacial score (nSPS) is 11.4. The Hall–Kier alpha value is -1.44. The standard InChI is InChI=1S/C14H14BrFN2O2S/c1-9-10(8-17)3-2-4-14(9)21(19,20)18-11-5-6-13(16)12(15)7-11/h2-7,18H,8,17H2,1H3. The van der Waals surface area contributed by atoms with Gasteiger partial charge < -0.3 is 5.73 Å². The van der Waals surface area contributed by atoms with Crippen molar-refractivity contribution in [2.45, 2.75) is 18.4 Å². The predicted molar refractivity (Wildman–Crippen MR) is 84.0 cm³/mol. The zero-order valence-corrected chi connectivity index (χ0v) is 13.6. The number of benzene rings is 2. The number of anilines is 1. The molecule has 0 aliphatic carbocycles. The molecule has 0 atom stereocenters. The van der Waals surface area contributed by atoms with Gasteiger partial charge in [-0.3, -0.25) is 4.72 Å². The Morgan fingerprint density at radius 2 is 2.00 bits per heavy atom. The van der Waals surface area contributed by atoms with Crippen LogP contribution in [0.2, 0.25) is 0 Å². The topological polar surface area (TPSA) is 72.2 Å². The quantitative estimate of drug-likeness (QED) is 0.865. The summed E-state index contributed by atoms with van der Waals surface area (Å²) in [7, 11) is -3.76. The van der Waals surface area contributed by atoms with E-state index in [0.717, 1.165) is 5.56 Å². The molecule has 0 amide bonds. The van der Waals surface area contributed by atoms with Crippen molar-refractivity contribution in [2.24, 2.45) is 5.73 Å². The summed E-state index contributed by atoms with van der Waals surface area (Å²) < 4.78 is 40.7. The van der Waals surface area contributed by atoms with E-state index in [1.165, 1.54) is 24.3 Å². The summed E-state index contributed by atoms with van der Waals surface area (Å²) in [4.78, 5) is 0.158. The zero-order chi connectivity index (χ0) is 15.6. The van der Waals surface area contributed by atoms with Gasteiger partial charge in [0.1, 0.15) is 5.82 Å². The molecule has 0 saturated carbocycles. The van der Waals surface area contributed by atoms with E-state index in [4.69, 9.17) is 5.73 Å². The average Bonchev–Trinajstić information content (AvgIpc) is 2.42. The highest BCUT2D eigenvalue weighted by atomic mass is 79.9. The molecule has 3 N–H and O–H groups in total. The number of hydrogen-bond donors (Lipinski definition) is 2. The lowest BCUT2D eigenvalue weighted by Gasteiger charge is -2.13. The lowest BCUT2D eigenvalue weighted by atomic mass is 10.1. The van der Waals surface area contributed by atoms with Gasteiger partial charge in [0.25, 0.3) is 10.0 Å². The van der Waals surface area contributed by atoms with Gasteiger partial charge in [0, 0.05) is 6.54 Å². The van der Waals surface area contributed by atoms with E-state index in [1.54, 1.807) is 19.1 Å². The Balaban J connectivity index is 2.41. The van der Waals surface area contributed by atoms with Crippen molar-refractivity contribution in [1.29, 1.82) is 0 Å². The van der Waals surface area contributed by atoms with Crippen molar-refractivity contribution in [2.75, 3.05) is 4.72 Å². The Morgan fingerprint density at radius 1 is 1.29 bits per heavy atom. The fourth-order valence-electron chi connectivity index (χ4n) is 1.94. The van der Waals surface area contributed by atoms with Crippen LogP contribution >= 0.6 is 15.9 Å². The van der Waals surface area contributed by atoms with E-state index in [0.29, 0.717) is 5.56 Å². The summed E-state index contributed by atoms with van der Waals surface area (Å²) in [6.07, 6.45) is 0. The number of hydrogen-bond acceptors (Lipinski definition) is 3. The molecule has 0 fully saturated rings. The third kappa shape index (κ3) is 3.42. The van der Waals surface area contributed by atoms with E-state index >= 15 is 0 Å². The number of sulfonamides is 1. The highest BCUT2D eigenvalue weighted by Gasteiger charge is 2.18. The van der Waals surface area contributed by atoms with Crippen LogP contribution in [-0.2, 0) is 16.6 Å². The van der Waals surface area contributed by atoms with Crippen LogP contribution in [-0.4, -0.2) is 8.42 Å². The van der Waals surface area contributed by atoms with Crippen LogP contribution in [0.3, 0.4) is 0 Å². The Morgan fingerprint density at radius 3 is 2.62 bits per heavy atom. The van der Waals surface area contributed by atoms with Gasteiger partial charge in [-0.15, -0.1) is 0 Å². The molecule has 0 spiro atoms. The molecule has 112 valence electrons. The number of nitrogens with two attached hydrogens (primary N) is 1. The molecule has 0 unspecified atom stereocenters. The first-order chi connectivity index (χ1) is 9.85. The molecule has 0 aliphatic heterocycles. The van der Waals surface area contributed by atoms with Crippen LogP contribution < -0.4 is 10.5 Å². The van der Waals surface area contributed by atoms with Gasteiger partial charge in [-0.1, -0.05) is 12.1 Å². The van der Waals surface area contributed by atoms with E-state index in [2.05, 4.69) is 20.7 Å². The van der Waals surface area contributed by atoms with Crippen LogP contribution in [0.5, 0.6) is 0 Å². The lowest BCUT2D eigenvalue weighted by molar-refractivity contribution is 0.600. The summed E-state index contributed by atoms with van der Waals surface area (Å²) in [5.41, 5.74) is 7.23. The summed E-state index contributed by atoms with van der Waals surface area (Å²) in [6.45, 7) is 1.97. The minimum absolute atomic E-state index is 0.158. The Bertz CT molecular complexity index is 779. The van der Waals surface area contributed by atoms with Gasteiger partial charge in [0.15, 0.2) is 0 Å². The number of nitrogens with one attached hydrogen (secondary N) is 1. The van der Waals surface area contributed by atoms with Gasteiger partial charge in [0.2, 0.25) is 0 Å². The fourth-order valence-corrected chi connectivity index (χ4v) is 3.66. The summed E-state index contributed by atoms with van der Waals surface area (Å²) in [5.74, 6) is -0.459. The van der Waals surface area contributed by atoms with Crippen molar-refractivity contribution >= 4 is 31.6 Å². The molecule has 21 heavy (non-hydrogen) atoms. The molecule has 7 heteroatoms. The molecule has 0 aromatic heterocycles.